The third-order valence-corrected chi connectivity index (χ3v) is 4.09. The molecule has 0 spiro atoms. The first-order valence-corrected chi connectivity index (χ1v) is 7.35. The summed E-state index contributed by atoms with van der Waals surface area (Å²) >= 11 is 6.22. The fourth-order valence-electron chi connectivity index (χ4n) is 2.53. The van der Waals surface area contributed by atoms with Gasteiger partial charge in [0.15, 0.2) is 0 Å². The van der Waals surface area contributed by atoms with Gasteiger partial charge in [-0.15, -0.1) is 0 Å². The van der Waals surface area contributed by atoms with Gasteiger partial charge in [-0.05, 0) is 35.2 Å². The smallest absolute Gasteiger partial charge is 0.0499 e. The van der Waals surface area contributed by atoms with E-state index in [0.29, 0.717) is 5.92 Å². The van der Waals surface area contributed by atoms with Crippen molar-refractivity contribution in [2.75, 3.05) is 0 Å². The predicted molar refractivity (Wildman–Crippen MR) is 86.6 cm³/mol. The van der Waals surface area contributed by atoms with E-state index in [9.17, 15) is 0 Å². The standard InChI is InChI=1S/C18H18ClN/c1-13(2)15-8-6-14(7-9-15)12-20-11-10-16-17(19)4-3-5-18(16)20/h3-11,13H,12H2,1-2H3. The topological polar surface area (TPSA) is 4.93 Å². The molecule has 0 aliphatic rings. The van der Waals surface area contributed by atoms with Gasteiger partial charge in [-0.2, -0.15) is 0 Å². The molecule has 0 aliphatic heterocycles. The van der Waals surface area contributed by atoms with Gasteiger partial charge in [0, 0.05) is 28.7 Å². The summed E-state index contributed by atoms with van der Waals surface area (Å²) in [5, 5.41) is 1.93. The lowest BCUT2D eigenvalue weighted by Gasteiger charge is -2.09. The number of benzene rings is 2. The summed E-state index contributed by atoms with van der Waals surface area (Å²) in [4.78, 5) is 0. The van der Waals surface area contributed by atoms with Crippen LogP contribution < -0.4 is 0 Å². The van der Waals surface area contributed by atoms with Crippen LogP contribution in [0.15, 0.2) is 54.7 Å². The largest absolute Gasteiger partial charge is 0.343 e. The van der Waals surface area contributed by atoms with E-state index in [-0.39, 0.29) is 0 Å². The number of halogens is 1. The van der Waals surface area contributed by atoms with Gasteiger partial charge >= 0.3 is 0 Å². The molecule has 0 aliphatic carbocycles. The summed E-state index contributed by atoms with van der Waals surface area (Å²) in [7, 11) is 0. The molecule has 2 aromatic carbocycles. The van der Waals surface area contributed by atoms with Crippen molar-refractivity contribution in [1.29, 1.82) is 0 Å². The minimum atomic E-state index is 0.579. The van der Waals surface area contributed by atoms with Crippen LogP contribution in [0.25, 0.3) is 10.9 Å². The molecule has 2 heteroatoms. The van der Waals surface area contributed by atoms with Crippen molar-refractivity contribution < 1.29 is 0 Å². The van der Waals surface area contributed by atoms with Crippen LogP contribution in [0.1, 0.15) is 30.9 Å². The highest BCUT2D eigenvalue weighted by molar-refractivity contribution is 6.35. The Morgan fingerprint density at radius 2 is 1.75 bits per heavy atom. The Hall–Kier alpha value is -1.73. The zero-order valence-corrected chi connectivity index (χ0v) is 12.6. The Morgan fingerprint density at radius 3 is 2.45 bits per heavy atom. The van der Waals surface area contributed by atoms with Crippen molar-refractivity contribution in [3.05, 3.63) is 70.9 Å². The lowest BCUT2D eigenvalue weighted by Crippen LogP contribution is -1.98. The lowest BCUT2D eigenvalue weighted by atomic mass is 10.0. The minimum Gasteiger partial charge on any atom is -0.343 e. The highest BCUT2D eigenvalue weighted by atomic mass is 35.5. The van der Waals surface area contributed by atoms with Crippen LogP contribution in [0.3, 0.4) is 0 Å². The maximum Gasteiger partial charge on any atom is 0.0499 e. The Labute approximate surface area is 124 Å². The lowest BCUT2D eigenvalue weighted by molar-refractivity contribution is 0.829. The van der Waals surface area contributed by atoms with Gasteiger partial charge in [-0.1, -0.05) is 55.8 Å². The SMILES string of the molecule is CC(C)c1ccc(Cn2ccc3c(Cl)cccc32)cc1. The molecule has 0 radical (unpaired) electrons. The van der Waals surface area contributed by atoms with Crippen LogP contribution in [-0.2, 0) is 6.54 Å². The summed E-state index contributed by atoms with van der Waals surface area (Å²) in [5.74, 6) is 0.579. The predicted octanol–water partition coefficient (Wildman–Crippen LogP) is 5.47. The number of fused-ring (bicyclic) bond motifs is 1. The normalized spacial score (nSPS) is 11.4. The Bertz CT molecular complexity index is 723. The molecular weight excluding hydrogens is 266 g/mol. The van der Waals surface area contributed by atoms with Gasteiger partial charge in [-0.25, -0.2) is 0 Å². The molecule has 1 nitrogen and oxygen atoms in total. The van der Waals surface area contributed by atoms with Gasteiger partial charge < -0.3 is 4.57 Å². The van der Waals surface area contributed by atoms with Crippen LogP contribution in [0.2, 0.25) is 5.02 Å². The molecule has 0 unspecified atom stereocenters. The molecule has 0 saturated carbocycles. The van der Waals surface area contributed by atoms with E-state index in [1.165, 1.54) is 16.6 Å². The van der Waals surface area contributed by atoms with E-state index < -0.39 is 0 Å². The summed E-state index contributed by atoms with van der Waals surface area (Å²) in [6.45, 7) is 5.31. The Balaban J connectivity index is 1.91. The van der Waals surface area contributed by atoms with Crippen LogP contribution >= 0.6 is 11.6 Å². The quantitative estimate of drug-likeness (QED) is 0.601. The van der Waals surface area contributed by atoms with E-state index in [2.05, 4.69) is 61.0 Å². The molecule has 0 amide bonds. The van der Waals surface area contributed by atoms with Crippen LogP contribution in [0, 0.1) is 0 Å². The molecule has 0 atom stereocenters. The average Bonchev–Trinajstić information content (AvgIpc) is 2.84. The first kappa shape index (κ1) is 13.3. The van der Waals surface area contributed by atoms with Gasteiger partial charge in [0.05, 0.1) is 0 Å². The van der Waals surface area contributed by atoms with Crippen molar-refractivity contribution in [2.45, 2.75) is 26.3 Å². The van der Waals surface area contributed by atoms with E-state index in [4.69, 9.17) is 11.6 Å². The Morgan fingerprint density at radius 1 is 1.00 bits per heavy atom. The molecule has 3 aromatic rings. The van der Waals surface area contributed by atoms with E-state index >= 15 is 0 Å². The second-order valence-electron chi connectivity index (χ2n) is 5.51. The van der Waals surface area contributed by atoms with E-state index in [0.717, 1.165) is 17.0 Å². The molecule has 1 aromatic heterocycles. The van der Waals surface area contributed by atoms with Crippen molar-refractivity contribution in [3.63, 3.8) is 0 Å². The number of nitrogens with zero attached hydrogens (tertiary/aromatic N) is 1. The second-order valence-corrected chi connectivity index (χ2v) is 5.92. The maximum atomic E-state index is 6.22. The van der Waals surface area contributed by atoms with Crippen molar-refractivity contribution in [2.24, 2.45) is 0 Å². The molecule has 3 rings (SSSR count). The van der Waals surface area contributed by atoms with Crippen LogP contribution in [0.5, 0.6) is 0 Å². The van der Waals surface area contributed by atoms with Crippen molar-refractivity contribution >= 4 is 22.5 Å². The van der Waals surface area contributed by atoms with Crippen molar-refractivity contribution in [3.8, 4) is 0 Å². The molecule has 1 heterocycles. The summed E-state index contributed by atoms with van der Waals surface area (Å²) in [6.07, 6.45) is 2.10. The number of hydrogen-bond acceptors (Lipinski definition) is 0. The highest BCUT2D eigenvalue weighted by Crippen LogP contribution is 2.25. The molecule has 20 heavy (non-hydrogen) atoms. The van der Waals surface area contributed by atoms with E-state index in [1.54, 1.807) is 0 Å². The molecule has 0 N–H and O–H groups in total. The summed E-state index contributed by atoms with van der Waals surface area (Å²) in [6, 6.07) is 17.0. The third kappa shape index (κ3) is 2.46. The van der Waals surface area contributed by atoms with Gasteiger partial charge in [-0.3, -0.25) is 0 Å². The third-order valence-electron chi connectivity index (χ3n) is 3.76. The molecule has 102 valence electrons. The number of aromatic nitrogens is 1. The molecule has 0 fully saturated rings. The maximum absolute atomic E-state index is 6.22. The fourth-order valence-corrected chi connectivity index (χ4v) is 2.76. The van der Waals surface area contributed by atoms with E-state index in [1.807, 2.05) is 12.1 Å². The van der Waals surface area contributed by atoms with Crippen molar-refractivity contribution in [1.82, 2.24) is 4.57 Å². The number of rotatable bonds is 3. The number of hydrogen-bond donors (Lipinski definition) is 0. The monoisotopic (exact) mass is 283 g/mol. The van der Waals surface area contributed by atoms with Gasteiger partial charge in [0.2, 0.25) is 0 Å². The zero-order valence-electron chi connectivity index (χ0n) is 11.8. The fraction of sp³-hybridized carbons (Fsp3) is 0.222. The molecule has 0 saturated heterocycles. The minimum absolute atomic E-state index is 0.579. The first-order valence-electron chi connectivity index (χ1n) is 6.97. The molecular formula is C18H18ClN. The van der Waals surface area contributed by atoms with Gasteiger partial charge in [0.1, 0.15) is 0 Å². The summed E-state index contributed by atoms with van der Waals surface area (Å²) < 4.78 is 2.24. The van der Waals surface area contributed by atoms with Crippen LogP contribution in [-0.4, -0.2) is 4.57 Å². The highest BCUT2D eigenvalue weighted by Gasteiger charge is 2.05. The zero-order chi connectivity index (χ0) is 14.1. The van der Waals surface area contributed by atoms with Crippen LogP contribution in [0.4, 0.5) is 0 Å². The average molecular weight is 284 g/mol. The second kappa shape index (κ2) is 5.34. The first-order chi connectivity index (χ1) is 9.65. The Kier molecular flexibility index (Phi) is 3.54. The molecule has 0 bridgehead atoms. The van der Waals surface area contributed by atoms with Gasteiger partial charge in [0.25, 0.3) is 0 Å². The summed E-state index contributed by atoms with van der Waals surface area (Å²) in [5.41, 5.74) is 3.88.